The number of nitrogens with one attached hydrogen (secondary N) is 1. The molecule has 0 aromatic carbocycles. The lowest BCUT2D eigenvalue weighted by Crippen LogP contribution is -2.54. The van der Waals surface area contributed by atoms with E-state index in [4.69, 9.17) is 5.73 Å². The summed E-state index contributed by atoms with van der Waals surface area (Å²) in [6, 6.07) is 0. The van der Waals surface area contributed by atoms with Gasteiger partial charge in [-0.25, -0.2) is 0 Å². The highest BCUT2D eigenvalue weighted by Crippen LogP contribution is 2.35. The van der Waals surface area contributed by atoms with Crippen molar-refractivity contribution in [3.05, 3.63) is 0 Å². The SMILES string of the molecule is CC#CCNC1(CN)CCCC(CC(C)C)C1. The second-order valence-corrected chi connectivity index (χ2v) is 5.86. The van der Waals surface area contributed by atoms with Crippen molar-refractivity contribution in [1.29, 1.82) is 0 Å². The first kappa shape index (κ1) is 14.5. The van der Waals surface area contributed by atoms with Gasteiger partial charge in [0.2, 0.25) is 0 Å². The molecule has 2 atom stereocenters. The zero-order valence-electron chi connectivity index (χ0n) is 11.7. The molecule has 0 radical (unpaired) electrons. The van der Waals surface area contributed by atoms with Crippen molar-refractivity contribution in [2.75, 3.05) is 13.1 Å². The molecule has 0 aromatic heterocycles. The molecule has 2 unspecified atom stereocenters. The lowest BCUT2D eigenvalue weighted by atomic mass is 9.73. The molecule has 0 aliphatic heterocycles. The summed E-state index contributed by atoms with van der Waals surface area (Å²) in [5.41, 5.74) is 6.16. The molecule has 17 heavy (non-hydrogen) atoms. The second kappa shape index (κ2) is 7.03. The molecule has 1 saturated carbocycles. The molecule has 0 bridgehead atoms. The van der Waals surface area contributed by atoms with Gasteiger partial charge >= 0.3 is 0 Å². The zero-order valence-corrected chi connectivity index (χ0v) is 11.7. The van der Waals surface area contributed by atoms with E-state index >= 15 is 0 Å². The Morgan fingerprint density at radius 1 is 1.47 bits per heavy atom. The van der Waals surface area contributed by atoms with Crippen molar-refractivity contribution < 1.29 is 0 Å². The molecule has 2 heteroatoms. The quantitative estimate of drug-likeness (QED) is 0.720. The first-order chi connectivity index (χ1) is 8.12. The van der Waals surface area contributed by atoms with E-state index < -0.39 is 0 Å². The van der Waals surface area contributed by atoms with Crippen molar-refractivity contribution in [3.63, 3.8) is 0 Å². The van der Waals surface area contributed by atoms with Crippen LogP contribution in [-0.2, 0) is 0 Å². The summed E-state index contributed by atoms with van der Waals surface area (Å²) in [7, 11) is 0. The van der Waals surface area contributed by atoms with E-state index in [1.165, 1.54) is 32.1 Å². The van der Waals surface area contributed by atoms with Crippen molar-refractivity contribution in [2.45, 2.75) is 58.4 Å². The maximum absolute atomic E-state index is 6.00. The van der Waals surface area contributed by atoms with Crippen molar-refractivity contribution in [3.8, 4) is 11.8 Å². The third-order valence-electron chi connectivity index (χ3n) is 3.87. The van der Waals surface area contributed by atoms with Gasteiger partial charge in [0.1, 0.15) is 0 Å². The number of hydrogen-bond donors (Lipinski definition) is 2. The van der Waals surface area contributed by atoms with Gasteiger partial charge < -0.3 is 5.73 Å². The van der Waals surface area contributed by atoms with Crippen LogP contribution < -0.4 is 11.1 Å². The summed E-state index contributed by atoms with van der Waals surface area (Å²) >= 11 is 0. The molecule has 1 aliphatic carbocycles. The normalized spacial score (nSPS) is 28.9. The van der Waals surface area contributed by atoms with Crippen molar-refractivity contribution in [1.82, 2.24) is 5.32 Å². The van der Waals surface area contributed by atoms with E-state index in [2.05, 4.69) is 31.0 Å². The molecule has 98 valence electrons. The first-order valence-corrected chi connectivity index (χ1v) is 6.96. The topological polar surface area (TPSA) is 38.0 Å². The Labute approximate surface area is 107 Å². The highest BCUT2D eigenvalue weighted by Gasteiger charge is 2.34. The average molecular weight is 236 g/mol. The molecular weight excluding hydrogens is 208 g/mol. The fourth-order valence-electron chi connectivity index (χ4n) is 3.09. The smallest absolute Gasteiger partial charge is 0.0581 e. The highest BCUT2D eigenvalue weighted by atomic mass is 15.0. The Balaban J connectivity index is 2.54. The van der Waals surface area contributed by atoms with E-state index in [9.17, 15) is 0 Å². The van der Waals surface area contributed by atoms with Gasteiger partial charge in [-0.3, -0.25) is 5.32 Å². The maximum Gasteiger partial charge on any atom is 0.0581 e. The fourth-order valence-corrected chi connectivity index (χ4v) is 3.09. The average Bonchev–Trinajstić information content (AvgIpc) is 2.29. The van der Waals surface area contributed by atoms with Gasteiger partial charge in [0.15, 0.2) is 0 Å². The van der Waals surface area contributed by atoms with Crippen LogP contribution >= 0.6 is 0 Å². The third-order valence-corrected chi connectivity index (χ3v) is 3.87. The molecule has 1 aliphatic rings. The van der Waals surface area contributed by atoms with Crippen LogP contribution in [0.3, 0.4) is 0 Å². The van der Waals surface area contributed by atoms with Crippen LogP contribution in [0.1, 0.15) is 52.9 Å². The van der Waals surface area contributed by atoms with Crippen LogP contribution in [0.5, 0.6) is 0 Å². The minimum atomic E-state index is 0.154. The van der Waals surface area contributed by atoms with Gasteiger partial charge in [0.25, 0.3) is 0 Å². The first-order valence-electron chi connectivity index (χ1n) is 6.96. The number of hydrogen-bond acceptors (Lipinski definition) is 2. The molecule has 2 nitrogen and oxygen atoms in total. The van der Waals surface area contributed by atoms with E-state index in [1.54, 1.807) is 0 Å². The van der Waals surface area contributed by atoms with Gasteiger partial charge in [-0.05, 0) is 38.0 Å². The molecule has 0 amide bonds. The van der Waals surface area contributed by atoms with Crippen LogP contribution in [0.2, 0.25) is 0 Å². The Morgan fingerprint density at radius 2 is 2.24 bits per heavy atom. The minimum absolute atomic E-state index is 0.154. The Hall–Kier alpha value is -0.520. The third kappa shape index (κ3) is 4.69. The lowest BCUT2D eigenvalue weighted by molar-refractivity contribution is 0.173. The number of rotatable bonds is 5. The molecular formula is C15H28N2. The van der Waals surface area contributed by atoms with Gasteiger partial charge in [-0.15, -0.1) is 5.92 Å². The molecule has 1 rings (SSSR count). The minimum Gasteiger partial charge on any atom is -0.329 e. The largest absolute Gasteiger partial charge is 0.329 e. The molecule has 0 aromatic rings. The Kier molecular flexibility index (Phi) is 6.02. The molecule has 0 saturated heterocycles. The molecule has 0 spiro atoms. The summed E-state index contributed by atoms with van der Waals surface area (Å²) in [5.74, 6) is 7.67. The monoisotopic (exact) mass is 236 g/mol. The lowest BCUT2D eigenvalue weighted by Gasteiger charge is -2.41. The van der Waals surface area contributed by atoms with Crippen molar-refractivity contribution >= 4 is 0 Å². The standard InChI is InChI=1S/C15H28N2/c1-4-5-9-17-15(12-16)8-6-7-14(11-15)10-13(2)3/h13-14,17H,6-12,16H2,1-3H3. The highest BCUT2D eigenvalue weighted by molar-refractivity contribution is 5.02. The van der Waals surface area contributed by atoms with Crippen LogP contribution in [0.25, 0.3) is 0 Å². The molecule has 0 heterocycles. The number of nitrogens with two attached hydrogens (primary N) is 1. The van der Waals surface area contributed by atoms with Gasteiger partial charge in [0, 0.05) is 12.1 Å². The van der Waals surface area contributed by atoms with Gasteiger partial charge in [-0.2, -0.15) is 0 Å². The predicted molar refractivity (Wildman–Crippen MR) is 74.7 cm³/mol. The Bertz CT molecular complexity index is 274. The van der Waals surface area contributed by atoms with E-state index in [0.29, 0.717) is 0 Å². The van der Waals surface area contributed by atoms with Crippen LogP contribution in [0.15, 0.2) is 0 Å². The van der Waals surface area contributed by atoms with E-state index in [-0.39, 0.29) is 5.54 Å². The van der Waals surface area contributed by atoms with Crippen LogP contribution in [0, 0.1) is 23.7 Å². The summed E-state index contributed by atoms with van der Waals surface area (Å²) in [6.45, 7) is 8.04. The summed E-state index contributed by atoms with van der Waals surface area (Å²) in [4.78, 5) is 0. The Morgan fingerprint density at radius 3 is 2.82 bits per heavy atom. The fraction of sp³-hybridized carbons (Fsp3) is 0.867. The maximum atomic E-state index is 6.00. The van der Waals surface area contributed by atoms with E-state index in [1.807, 2.05) is 6.92 Å². The van der Waals surface area contributed by atoms with Gasteiger partial charge in [0.05, 0.1) is 6.54 Å². The van der Waals surface area contributed by atoms with Crippen molar-refractivity contribution in [2.24, 2.45) is 17.6 Å². The second-order valence-electron chi connectivity index (χ2n) is 5.86. The van der Waals surface area contributed by atoms with Gasteiger partial charge in [-0.1, -0.05) is 32.6 Å². The molecule has 3 N–H and O–H groups in total. The van der Waals surface area contributed by atoms with E-state index in [0.717, 1.165) is 24.9 Å². The van der Waals surface area contributed by atoms with Crippen LogP contribution in [0.4, 0.5) is 0 Å². The predicted octanol–water partition coefficient (Wildman–Crippen LogP) is 2.53. The zero-order chi connectivity index (χ0) is 12.7. The van der Waals surface area contributed by atoms with Crippen LogP contribution in [-0.4, -0.2) is 18.6 Å². The molecule has 1 fully saturated rings. The summed E-state index contributed by atoms with van der Waals surface area (Å²) in [5, 5.41) is 3.59. The summed E-state index contributed by atoms with van der Waals surface area (Å²) in [6.07, 6.45) is 6.46. The summed E-state index contributed by atoms with van der Waals surface area (Å²) < 4.78 is 0.